The van der Waals surface area contributed by atoms with Crippen LogP contribution in [0.3, 0.4) is 0 Å². The van der Waals surface area contributed by atoms with Gasteiger partial charge in [0.05, 0.1) is 0 Å². The van der Waals surface area contributed by atoms with Gasteiger partial charge in [-0.25, -0.2) is 9.97 Å². The molecule has 5 nitrogen and oxygen atoms in total. The van der Waals surface area contributed by atoms with Crippen molar-refractivity contribution in [3.8, 4) is 0 Å². The van der Waals surface area contributed by atoms with Crippen molar-refractivity contribution in [3.05, 3.63) is 16.5 Å². The fourth-order valence-electron chi connectivity index (χ4n) is 1.24. The van der Waals surface area contributed by atoms with Gasteiger partial charge in [0.15, 0.2) is 0 Å². The van der Waals surface area contributed by atoms with Crippen molar-refractivity contribution >= 4 is 23.3 Å². The molecule has 3 N–H and O–H groups in total. The number of amides is 1. The highest BCUT2D eigenvalue weighted by Gasteiger charge is 2.06. The van der Waals surface area contributed by atoms with E-state index in [0.717, 1.165) is 5.56 Å². The fraction of sp³-hybridized carbons (Fsp3) is 0.500. The molecule has 1 amide bonds. The third-order valence-corrected chi connectivity index (χ3v) is 2.46. The molecule has 0 saturated heterocycles. The van der Waals surface area contributed by atoms with Gasteiger partial charge in [-0.05, 0) is 20.3 Å². The number of aromatic nitrogens is 2. The Balaban J connectivity index is 2.57. The molecule has 0 fully saturated rings. The zero-order chi connectivity index (χ0) is 12.1. The van der Waals surface area contributed by atoms with E-state index in [4.69, 9.17) is 17.3 Å². The summed E-state index contributed by atoms with van der Waals surface area (Å²) < 4.78 is 0. The third-order valence-electron chi connectivity index (χ3n) is 2.09. The normalized spacial score (nSPS) is 10.2. The summed E-state index contributed by atoms with van der Waals surface area (Å²) in [6, 6.07) is 0. The van der Waals surface area contributed by atoms with Crippen LogP contribution in [-0.4, -0.2) is 22.4 Å². The van der Waals surface area contributed by atoms with E-state index in [2.05, 4.69) is 15.3 Å². The molecule has 16 heavy (non-hydrogen) atoms. The molecule has 0 bridgehead atoms. The lowest BCUT2D eigenvalue weighted by atomic mass is 10.3. The Kier molecular flexibility index (Phi) is 4.49. The topological polar surface area (TPSA) is 80.9 Å². The van der Waals surface area contributed by atoms with Gasteiger partial charge >= 0.3 is 0 Å². The van der Waals surface area contributed by atoms with E-state index in [1.165, 1.54) is 0 Å². The number of carbonyl (C=O) groups is 1. The second-order valence-electron chi connectivity index (χ2n) is 3.53. The number of nitrogens with zero attached hydrogens (tertiary/aromatic N) is 2. The minimum absolute atomic E-state index is 0.296. The average molecular weight is 243 g/mol. The van der Waals surface area contributed by atoms with Gasteiger partial charge in [0.25, 0.3) is 0 Å². The lowest BCUT2D eigenvalue weighted by molar-refractivity contribution is -0.118. The summed E-state index contributed by atoms with van der Waals surface area (Å²) in [5, 5.41) is 3.56. The summed E-state index contributed by atoms with van der Waals surface area (Å²) in [6.45, 7) is 4.26. The maximum Gasteiger partial charge on any atom is 0.217 e. The lowest BCUT2D eigenvalue weighted by Gasteiger charge is -2.09. The molecule has 0 aromatic carbocycles. The number of anilines is 1. The number of hydrogen-bond donors (Lipinski definition) is 2. The highest BCUT2D eigenvalue weighted by atomic mass is 35.5. The predicted molar refractivity (Wildman–Crippen MR) is 63.4 cm³/mol. The minimum Gasteiger partial charge on any atom is -0.370 e. The van der Waals surface area contributed by atoms with Crippen molar-refractivity contribution in [2.45, 2.75) is 26.7 Å². The van der Waals surface area contributed by atoms with Gasteiger partial charge in [-0.1, -0.05) is 11.6 Å². The van der Waals surface area contributed by atoms with Gasteiger partial charge < -0.3 is 11.1 Å². The number of nitrogens with one attached hydrogen (secondary N) is 1. The highest BCUT2D eigenvalue weighted by molar-refractivity contribution is 6.30. The molecule has 0 unspecified atom stereocenters. The van der Waals surface area contributed by atoms with Gasteiger partial charge in [0, 0.05) is 18.5 Å². The van der Waals surface area contributed by atoms with Gasteiger partial charge in [-0.15, -0.1) is 0 Å². The van der Waals surface area contributed by atoms with Crippen molar-refractivity contribution in [2.75, 3.05) is 11.9 Å². The van der Waals surface area contributed by atoms with Crippen LogP contribution in [0, 0.1) is 13.8 Å². The SMILES string of the molecule is Cc1nc(Cl)c(C)c(NCCCC(N)=O)n1. The van der Waals surface area contributed by atoms with Crippen LogP contribution in [-0.2, 0) is 4.79 Å². The summed E-state index contributed by atoms with van der Waals surface area (Å²) in [7, 11) is 0. The van der Waals surface area contributed by atoms with Crippen molar-refractivity contribution in [1.82, 2.24) is 9.97 Å². The molecule has 88 valence electrons. The van der Waals surface area contributed by atoms with Crippen LogP contribution in [0.1, 0.15) is 24.2 Å². The zero-order valence-electron chi connectivity index (χ0n) is 9.38. The van der Waals surface area contributed by atoms with Crippen LogP contribution in [0.2, 0.25) is 5.15 Å². The number of carbonyl (C=O) groups excluding carboxylic acids is 1. The summed E-state index contributed by atoms with van der Waals surface area (Å²) in [5.74, 6) is 1.03. The van der Waals surface area contributed by atoms with Crippen LogP contribution in [0.25, 0.3) is 0 Å². The summed E-state index contributed by atoms with van der Waals surface area (Å²) in [6.07, 6.45) is 1.04. The molecule has 0 spiro atoms. The van der Waals surface area contributed by atoms with E-state index in [-0.39, 0.29) is 5.91 Å². The van der Waals surface area contributed by atoms with Gasteiger partial charge in [0.2, 0.25) is 5.91 Å². The first kappa shape index (κ1) is 12.7. The summed E-state index contributed by atoms with van der Waals surface area (Å²) in [5.41, 5.74) is 5.85. The highest BCUT2D eigenvalue weighted by Crippen LogP contribution is 2.19. The summed E-state index contributed by atoms with van der Waals surface area (Å²) in [4.78, 5) is 18.8. The summed E-state index contributed by atoms with van der Waals surface area (Å²) >= 11 is 5.92. The molecular weight excluding hydrogens is 228 g/mol. The Labute approximate surface area is 99.4 Å². The van der Waals surface area contributed by atoms with Crippen LogP contribution in [0.15, 0.2) is 0 Å². The number of halogens is 1. The van der Waals surface area contributed by atoms with E-state index < -0.39 is 0 Å². The Bertz CT molecular complexity index is 395. The smallest absolute Gasteiger partial charge is 0.217 e. The van der Waals surface area contributed by atoms with Gasteiger partial charge in [-0.2, -0.15) is 0 Å². The number of hydrogen-bond acceptors (Lipinski definition) is 4. The van der Waals surface area contributed by atoms with Crippen LogP contribution in [0.5, 0.6) is 0 Å². The Morgan fingerprint density at radius 3 is 2.75 bits per heavy atom. The van der Waals surface area contributed by atoms with E-state index in [0.29, 0.717) is 36.2 Å². The first-order valence-corrected chi connectivity index (χ1v) is 5.41. The number of nitrogens with two attached hydrogens (primary N) is 1. The molecule has 0 aliphatic heterocycles. The average Bonchev–Trinajstić information content (AvgIpc) is 2.19. The first-order chi connectivity index (χ1) is 7.50. The lowest BCUT2D eigenvalue weighted by Crippen LogP contribution is -2.13. The molecule has 1 aromatic heterocycles. The van der Waals surface area contributed by atoms with Crippen LogP contribution < -0.4 is 11.1 Å². The van der Waals surface area contributed by atoms with Gasteiger partial charge in [0.1, 0.15) is 16.8 Å². The molecule has 0 aliphatic rings. The van der Waals surface area contributed by atoms with Crippen molar-refractivity contribution in [2.24, 2.45) is 5.73 Å². The van der Waals surface area contributed by atoms with E-state index in [1.54, 1.807) is 6.92 Å². The fourth-order valence-corrected chi connectivity index (χ4v) is 1.45. The molecule has 1 heterocycles. The van der Waals surface area contributed by atoms with Crippen molar-refractivity contribution in [1.29, 1.82) is 0 Å². The predicted octanol–water partition coefficient (Wildman–Crippen LogP) is 1.42. The molecule has 0 atom stereocenters. The molecular formula is C10H15ClN4O. The second kappa shape index (κ2) is 5.65. The van der Waals surface area contributed by atoms with Crippen molar-refractivity contribution < 1.29 is 4.79 Å². The molecule has 0 saturated carbocycles. The zero-order valence-corrected chi connectivity index (χ0v) is 10.1. The molecule has 1 rings (SSSR count). The Morgan fingerprint density at radius 2 is 2.12 bits per heavy atom. The van der Waals surface area contributed by atoms with Crippen LogP contribution in [0.4, 0.5) is 5.82 Å². The first-order valence-electron chi connectivity index (χ1n) is 5.03. The molecule has 0 aliphatic carbocycles. The second-order valence-corrected chi connectivity index (χ2v) is 3.89. The molecule has 0 radical (unpaired) electrons. The standard InChI is InChI=1S/C10H15ClN4O/c1-6-9(11)14-7(2)15-10(6)13-5-3-4-8(12)16/h3-5H2,1-2H3,(H2,12,16)(H,13,14,15). The molecule has 6 heteroatoms. The van der Waals surface area contributed by atoms with E-state index >= 15 is 0 Å². The third kappa shape index (κ3) is 3.66. The number of aryl methyl sites for hydroxylation is 1. The maximum atomic E-state index is 10.5. The maximum absolute atomic E-state index is 10.5. The van der Waals surface area contributed by atoms with Crippen LogP contribution >= 0.6 is 11.6 Å². The van der Waals surface area contributed by atoms with E-state index in [1.807, 2.05) is 6.92 Å². The Morgan fingerprint density at radius 1 is 1.44 bits per heavy atom. The monoisotopic (exact) mass is 242 g/mol. The minimum atomic E-state index is -0.296. The Hall–Kier alpha value is -1.36. The van der Waals surface area contributed by atoms with Crippen molar-refractivity contribution in [3.63, 3.8) is 0 Å². The van der Waals surface area contributed by atoms with Gasteiger partial charge in [-0.3, -0.25) is 4.79 Å². The van der Waals surface area contributed by atoms with E-state index in [9.17, 15) is 4.79 Å². The number of primary amides is 1. The number of rotatable bonds is 5. The molecule has 1 aromatic rings. The quantitative estimate of drug-likeness (QED) is 0.605. The largest absolute Gasteiger partial charge is 0.370 e.